The lowest BCUT2D eigenvalue weighted by Crippen LogP contribution is -2.35. The Labute approximate surface area is 212 Å². The number of likely N-dealkylation sites (tertiary alicyclic amines) is 1. The molecule has 1 amide bonds. The number of aromatic hydroxyl groups is 1. The Morgan fingerprint density at radius 3 is 2.44 bits per heavy atom. The van der Waals surface area contributed by atoms with Crippen molar-refractivity contribution in [1.82, 2.24) is 9.80 Å². The molecule has 1 heterocycles. The zero-order valence-electron chi connectivity index (χ0n) is 21.9. The van der Waals surface area contributed by atoms with Crippen molar-refractivity contribution in [3.63, 3.8) is 0 Å². The number of rotatable bonds is 10. The third kappa shape index (κ3) is 5.82. The van der Waals surface area contributed by atoms with Crippen molar-refractivity contribution in [2.45, 2.75) is 33.7 Å². The van der Waals surface area contributed by atoms with Crippen LogP contribution in [0.3, 0.4) is 0 Å². The molecule has 1 fully saturated rings. The molecule has 1 aliphatic rings. The number of likely N-dealkylation sites (N-methyl/N-ethyl adjacent to an activating group) is 1. The molecular formula is C28H36N2O6. The van der Waals surface area contributed by atoms with Crippen LogP contribution in [0.1, 0.15) is 43.5 Å². The third-order valence-electron chi connectivity index (χ3n) is 5.96. The van der Waals surface area contributed by atoms with Crippen molar-refractivity contribution in [3.05, 3.63) is 58.7 Å². The maximum Gasteiger partial charge on any atom is 0.295 e. The monoisotopic (exact) mass is 496 g/mol. The average Bonchev–Trinajstić information content (AvgIpc) is 3.07. The standard InChI is InChI=1S/C28H36N2O6/c1-7-35-23-15-19(8-11-22(23)31)25-24(27(33)28(34)30(25)13-12-29(5)6)26(32)21-10-9-20(14-18(21)4)36-16-17(2)3/h8-11,14-15,17,25,31-32H,7,12-13,16H2,1-6H3/b26-24+/t25-/m1/s1. The quantitative estimate of drug-likeness (QED) is 0.290. The lowest BCUT2D eigenvalue weighted by atomic mass is 9.93. The number of hydrogen-bond donors (Lipinski definition) is 2. The first-order valence-corrected chi connectivity index (χ1v) is 12.2. The van der Waals surface area contributed by atoms with E-state index in [0.29, 0.717) is 48.1 Å². The van der Waals surface area contributed by atoms with Gasteiger partial charge in [-0.2, -0.15) is 0 Å². The first kappa shape index (κ1) is 27.1. The van der Waals surface area contributed by atoms with Gasteiger partial charge < -0.3 is 29.5 Å². The molecule has 0 unspecified atom stereocenters. The van der Waals surface area contributed by atoms with Gasteiger partial charge in [0.25, 0.3) is 11.7 Å². The average molecular weight is 497 g/mol. The van der Waals surface area contributed by atoms with Crippen LogP contribution >= 0.6 is 0 Å². The molecule has 1 aliphatic heterocycles. The van der Waals surface area contributed by atoms with Gasteiger partial charge in [0.1, 0.15) is 11.5 Å². The van der Waals surface area contributed by atoms with Gasteiger partial charge in [-0.05, 0) is 75.3 Å². The molecule has 1 saturated heterocycles. The molecule has 0 aromatic heterocycles. The van der Waals surface area contributed by atoms with E-state index in [4.69, 9.17) is 9.47 Å². The second-order valence-electron chi connectivity index (χ2n) is 9.64. The molecular weight excluding hydrogens is 460 g/mol. The lowest BCUT2D eigenvalue weighted by Gasteiger charge is -2.27. The number of aliphatic hydroxyl groups excluding tert-OH is 1. The minimum atomic E-state index is -0.832. The summed E-state index contributed by atoms with van der Waals surface area (Å²) in [5.41, 5.74) is 1.73. The number of phenols is 1. The highest BCUT2D eigenvalue weighted by atomic mass is 16.5. The first-order valence-electron chi connectivity index (χ1n) is 12.2. The molecule has 194 valence electrons. The fourth-order valence-corrected chi connectivity index (χ4v) is 4.14. The highest BCUT2D eigenvalue weighted by Crippen LogP contribution is 2.42. The molecule has 3 rings (SSSR count). The van der Waals surface area contributed by atoms with E-state index in [2.05, 4.69) is 13.8 Å². The van der Waals surface area contributed by atoms with Gasteiger partial charge in [-0.3, -0.25) is 9.59 Å². The molecule has 2 aromatic carbocycles. The Bertz CT molecular complexity index is 1150. The first-order chi connectivity index (χ1) is 17.0. The van der Waals surface area contributed by atoms with Crippen LogP contribution in [-0.4, -0.2) is 72.1 Å². The van der Waals surface area contributed by atoms with Crippen molar-refractivity contribution in [1.29, 1.82) is 0 Å². The number of carbonyl (C=O) groups is 2. The van der Waals surface area contributed by atoms with Gasteiger partial charge in [0, 0.05) is 18.7 Å². The number of benzene rings is 2. The molecule has 2 N–H and O–H groups in total. The summed E-state index contributed by atoms with van der Waals surface area (Å²) in [7, 11) is 3.76. The van der Waals surface area contributed by atoms with Gasteiger partial charge >= 0.3 is 0 Å². The summed E-state index contributed by atoms with van der Waals surface area (Å²) in [5, 5.41) is 21.6. The van der Waals surface area contributed by atoms with E-state index in [9.17, 15) is 19.8 Å². The molecule has 0 saturated carbocycles. The van der Waals surface area contributed by atoms with Gasteiger partial charge in [0.2, 0.25) is 0 Å². The van der Waals surface area contributed by atoms with E-state index < -0.39 is 17.7 Å². The number of phenolic OH excluding ortho intramolecular Hbond substituents is 1. The number of nitrogens with zero attached hydrogens (tertiary/aromatic N) is 2. The van der Waals surface area contributed by atoms with Crippen LogP contribution in [0.2, 0.25) is 0 Å². The Kier molecular flexibility index (Phi) is 8.63. The van der Waals surface area contributed by atoms with E-state index in [0.717, 1.165) is 0 Å². The van der Waals surface area contributed by atoms with Crippen LogP contribution in [-0.2, 0) is 9.59 Å². The van der Waals surface area contributed by atoms with Gasteiger partial charge in [-0.1, -0.05) is 19.9 Å². The maximum atomic E-state index is 13.3. The Balaban J connectivity index is 2.13. The van der Waals surface area contributed by atoms with E-state index in [-0.39, 0.29) is 29.4 Å². The summed E-state index contributed by atoms with van der Waals surface area (Å²) in [6.45, 7) is 9.44. The summed E-state index contributed by atoms with van der Waals surface area (Å²) >= 11 is 0. The fourth-order valence-electron chi connectivity index (χ4n) is 4.14. The number of aliphatic hydroxyl groups is 1. The molecule has 36 heavy (non-hydrogen) atoms. The number of ketones is 1. The molecule has 2 aromatic rings. The lowest BCUT2D eigenvalue weighted by molar-refractivity contribution is -0.140. The number of amides is 1. The normalized spacial score (nSPS) is 17.3. The van der Waals surface area contributed by atoms with Crippen LogP contribution < -0.4 is 9.47 Å². The zero-order valence-corrected chi connectivity index (χ0v) is 21.9. The van der Waals surface area contributed by atoms with E-state index in [1.807, 2.05) is 32.0 Å². The van der Waals surface area contributed by atoms with Crippen molar-refractivity contribution in [3.8, 4) is 17.2 Å². The molecule has 1 atom stereocenters. The van der Waals surface area contributed by atoms with Crippen LogP contribution in [0, 0.1) is 12.8 Å². The SMILES string of the molecule is CCOc1cc([C@@H]2/C(=C(\O)c3ccc(OCC(C)C)cc3C)C(=O)C(=O)N2CCN(C)C)ccc1O. The van der Waals surface area contributed by atoms with Gasteiger partial charge in [0.15, 0.2) is 11.5 Å². The number of ether oxygens (including phenoxy) is 2. The van der Waals surface area contributed by atoms with E-state index >= 15 is 0 Å². The zero-order chi connectivity index (χ0) is 26.6. The predicted octanol–water partition coefficient (Wildman–Crippen LogP) is 4.12. The summed E-state index contributed by atoms with van der Waals surface area (Å²) in [5.74, 6) is -0.436. The molecule has 0 aliphatic carbocycles. The van der Waals surface area contributed by atoms with Gasteiger partial charge in [-0.25, -0.2) is 0 Å². The second kappa shape index (κ2) is 11.5. The van der Waals surface area contributed by atoms with Crippen LogP contribution in [0.15, 0.2) is 42.0 Å². The molecule has 8 heteroatoms. The summed E-state index contributed by atoms with van der Waals surface area (Å²) in [6.07, 6.45) is 0. The predicted molar refractivity (Wildman–Crippen MR) is 138 cm³/mol. The van der Waals surface area contributed by atoms with Gasteiger partial charge in [-0.15, -0.1) is 0 Å². The number of aryl methyl sites for hydroxylation is 1. The smallest absolute Gasteiger partial charge is 0.295 e. The molecule has 8 nitrogen and oxygen atoms in total. The van der Waals surface area contributed by atoms with Crippen LogP contribution in [0.25, 0.3) is 5.76 Å². The minimum absolute atomic E-state index is 0.00541. The highest BCUT2D eigenvalue weighted by Gasteiger charge is 2.46. The third-order valence-corrected chi connectivity index (χ3v) is 5.96. The van der Waals surface area contributed by atoms with E-state index in [1.54, 1.807) is 31.2 Å². The van der Waals surface area contributed by atoms with Crippen molar-refractivity contribution < 1.29 is 29.3 Å². The molecule has 0 spiro atoms. The summed E-state index contributed by atoms with van der Waals surface area (Å²) in [4.78, 5) is 29.8. The summed E-state index contributed by atoms with van der Waals surface area (Å²) in [6, 6.07) is 9.14. The molecule has 0 bridgehead atoms. The van der Waals surface area contributed by atoms with Crippen LogP contribution in [0.4, 0.5) is 0 Å². The second-order valence-corrected chi connectivity index (χ2v) is 9.64. The topological polar surface area (TPSA) is 99.5 Å². The van der Waals surface area contributed by atoms with Crippen LogP contribution in [0.5, 0.6) is 17.2 Å². The largest absolute Gasteiger partial charge is 0.507 e. The molecule has 0 radical (unpaired) electrons. The minimum Gasteiger partial charge on any atom is -0.507 e. The fraction of sp³-hybridized carbons (Fsp3) is 0.429. The number of Topliss-reactive ketones (excluding diaryl/α,β-unsaturated/α-hetero) is 1. The van der Waals surface area contributed by atoms with Gasteiger partial charge in [0.05, 0.1) is 24.8 Å². The number of carbonyl (C=O) groups excluding carboxylic acids is 2. The maximum absolute atomic E-state index is 13.3. The Morgan fingerprint density at radius 1 is 1.11 bits per heavy atom. The summed E-state index contributed by atoms with van der Waals surface area (Å²) < 4.78 is 11.3. The van der Waals surface area contributed by atoms with Crippen molar-refractivity contribution in [2.24, 2.45) is 5.92 Å². The number of hydrogen-bond acceptors (Lipinski definition) is 7. The van der Waals surface area contributed by atoms with E-state index in [1.165, 1.54) is 11.0 Å². The Hall–Kier alpha value is -3.52. The highest BCUT2D eigenvalue weighted by molar-refractivity contribution is 6.46. The van der Waals surface area contributed by atoms with Crippen molar-refractivity contribution >= 4 is 17.4 Å². The Morgan fingerprint density at radius 2 is 1.83 bits per heavy atom. The van der Waals surface area contributed by atoms with Crippen molar-refractivity contribution in [2.75, 3.05) is 40.4 Å².